The number of piperidine rings is 2. The van der Waals surface area contributed by atoms with Crippen molar-refractivity contribution >= 4 is 54.0 Å². The van der Waals surface area contributed by atoms with Crippen LogP contribution in [0.4, 0.5) is 17.1 Å². The minimum Gasteiger partial charge on any atom is -0.497 e. The Kier molecular flexibility index (Phi) is 12.2. The van der Waals surface area contributed by atoms with Crippen molar-refractivity contribution in [3.63, 3.8) is 0 Å². The van der Waals surface area contributed by atoms with Gasteiger partial charge in [-0.05, 0) is 84.8 Å². The van der Waals surface area contributed by atoms with E-state index in [9.17, 15) is 19.5 Å². The third-order valence-corrected chi connectivity index (χ3v) is 18.0. The number of aliphatic hydroxyl groups excluding tert-OH is 1. The van der Waals surface area contributed by atoms with Crippen LogP contribution in [0.25, 0.3) is 0 Å². The molecule has 4 aliphatic rings. The zero-order valence-electron chi connectivity index (χ0n) is 35.8. The first kappa shape index (κ1) is 42.4. The van der Waals surface area contributed by atoms with Crippen LogP contribution in [0.3, 0.4) is 0 Å². The SMILES string of the molecule is COc1ccc([Si](C)(C)[C@@H]2[C@@H](CC(=O)N(CCO)Cc3ccccc3)O[C@]3(C(=O)N(Cc4ccc(N5CCCCC5=O)cc4)c4ccc(N5CCCCC5=O)cc43)[C@H]2C)cc1. The van der Waals surface area contributed by atoms with Gasteiger partial charge in [0.05, 0.1) is 46.5 Å². The van der Waals surface area contributed by atoms with Crippen molar-refractivity contribution in [2.75, 3.05) is 48.1 Å². The van der Waals surface area contributed by atoms with E-state index in [1.54, 1.807) is 12.0 Å². The molecule has 12 heteroatoms. The number of rotatable bonds is 13. The molecule has 61 heavy (non-hydrogen) atoms. The van der Waals surface area contributed by atoms with Crippen LogP contribution in [0, 0.1) is 5.92 Å². The van der Waals surface area contributed by atoms with Gasteiger partial charge in [-0.2, -0.15) is 0 Å². The molecule has 4 aromatic rings. The van der Waals surface area contributed by atoms with Gasteiger partial charge < -0.3 is 34.2 Å². The van der Waals surface area contributed by atoms with Crippen molar-refractivity contribution in [1.82, 2.24) is 4.90 Å². The number of carbonyl (C=O) groups excluding carboxylic acids is 4. The van der Waals surface area contributed by atoms with Gasteiger partial charge in [-0.15, -0.1) is 0 Å². The number of ether oxygens (including phenoxy) is 2. The third-order valence-electron chi connectivity index (χ3n) is 13.7. The molecule has 1 spiro atoms. The smallest absolute Gasteiger partial charge is 0.264 e. The average molecular weight is 843 g/mol. The zero-order chi connectivity index (χ0) is 42.9. The second-order valence-electron chi connectivity index (χ2n) is 17.6. The van der Waals surface area contributed by atoms with Crippen molar-refractivity contribution < 1.29 is 33.8 Å². The molecular weight excluding hydrogens is 785 g/mol. The highest BCUT2D eigenvalue weighted by Crippen LogP contribution is 2.60. The summed E-state index contributed by atoms with van der Waals surface area (Å²) in [5.74, 6) is 0.223. The lowest BCUT2D eigenvalue weighted by Gasteiger charge is -2.37. The molecule has 320 valence electrons. The minimum atomic E-state index is -2.60. The number of fused-ring (bicyclic) bond motifs is 2. The molecule has 0 unspecified atom stereocenters. The number of aliphatic hydroxyl groups is 1. The lowest BCUT2D eigenvalue weighted by Crippen LogP contribution is -2.52. The van der Waals surface area contributed by atoms with Gasteiger partial charge in [-0.3, -0.25) is 19.2 Å². The lowest BCUT2D eigenvalue weighted by molar-refractivity contribution is -0.150. The molecule has 3 saturated heterocycles. The summed E-state index contributed by atoms with van der Waals surface area (Å²) in [6.45, 7) is 8.58. The molecule has 4 aliphatic heterocycles. The highest BCUT2D eigenvalue weighted by Gasteiger charge is 2.66. The fourth-order valence-corrected chi connectivity index (χ4v) is 14.5. The highest BCUT2D eigenvalue weighted by molar-refractivity contribution is 6.91. The molecule has 11 nitrogen and oxygen atoms in total. The van der Waals surface area contributed by atoms with Crippen LogP contribution in [0.2, 0.25) is 18.6 Å². The predicted molar refractivity (Wildman–Crippen MR) is 240 cm³/mol. The molecular formula is C49H58N4O7Si. The Bertz CT molecular complexity index is 2250. The molecule has 4 aromatic carbocycles. The summed E-state index contributed by atoms with van der Waals surface area (Å²) in [5, 5.41) is 11.3. The Labute approximate surface area is 360 Å². The Morgan fingerprint density at radius 2 is 1.48 bits per heavy atom. The quantitative estimate of drug-likeness (QED) is 0.146. The maximum atomic E-state index is 15.6. The summed E-state index contributed by atoms with van der Waals surface area (Å²) in [5.41, 5.74) is 3.25. The molecule has 0 aromatic heterocycles. The van der Waals surface area contributed by atoms with E-state index >= 15 is 4.79 Å². The topological polar surface area (TPSA) is 120 Å². The van der Waals surface area contributed by atoms with Gasteiger partial charge >= 0.3 is 0 Å². The van der Waals surface area contributed by atoms with E-state index in [4.69, 9.17) is 9.47 Å². The number of methoxy groups -OCH3 is 1. The van der Waals surface area contributed by atoms with Crippen LogP contribution in [-0.4, -0.2) is 81.2 Å². The van der Waals surface area contributed by atoms with E-state index < -0.39 is 19.8 Å². The molecule has 0 saturated carbocycles. The summed E-state index contributed by atoms with van der Waals surface area (Å²) in [4.78, 5) is 63.4. The molecule has 3 fully saturated rings. The van der Waals surface area contributed by atoms with E-state index in [2.05, 4.69) is 32.2 Å². The van der Waals surface area contributed by atoms with Crippen molar-refractivity contribution in [3.05, 3.63) is 114 Å². The van der Waals surface area contributed by atoms with Crippen molar-refractivity contribution in [2.24, 2.45) is 5.92 Å². The highest BCUT2D eigenvalue weighted by atomic mass is 28.3. The maximum absolute atomic E-state index is 15.6. The van der Waals surface area contributed by atoms with Gasteiger partial charge in [0.1, 0.15) is 5.75 Å². The number of nitrogens with zero attached hydrogens (tertiary/aromatic N) is 4. The first-order chi connectivity index (χ1) is 29.5. The second-order valence-corrected chi connectivity index (χ2v) is 22.3. The van der Waals surface area contributed by atoms with Crippen LogP contribution < -0.4 is 24.6 Å². The number of benzene rings is 4. The van der Waals surface area contributed by atoms with E-state index in [0.717, 1.165) is 64.8 Å². The normalized spacial score (nSPS) is 22.9. The number of hydrogen-bond acceptors (Lipinski definition) is 7. The first-order valence-corrected chi connectivity index (χ1v) is 24.9. The Balaban J connectivity index is 1.20. The monoisotopic (exact) mass is 842 g/mol. The zero-order valence-corrected chi connectivity index (χ0v) is 36.8. The molecule has 8 rings (SSSR count). The van der Waals surface area contributed by atoms with Gasteiger partial charge in [0.2, 0.25) is 17.7 Å². The summed E-state index contributed by atoms with van der Waals surface area (Å²) in [6, 6.07) is 31.7. The van der Waals surface area contributed by atoms with Crippen molar-refractivity contribution in [3.8, 4) is 5.75 Å². The van der Waals surface area contributed by atoms with E-state index in [1.165, 1.54) is 0 Å². The van der Waals surface area contributed by atoms with Gasteiger partial charge in [0, 0.05) is 61.9 Å². The Hall–Kier alpha value is -5.30. The predicted octanol–water partition coefficient (Wildman–Crippen LogP) is 6.90. The molecule has 0 radical (unpaired) electrons. The van der Waals surface area contributed by atoms with E-state index in [-0.39, 0.29) is 61.2 Å². The molecule has 4 heterocycles. The fraction of sp³-hybridized carbons (Fsp3) is 0.429. The van der Waals surface area contributed by atoms with Crippen LogP contribution in [0.1, 0.15) is 68.6 Å². The minimum absolute atomic E-state index is 0.0276. The third kappa shape index (κ3) is 8.01. The van der Waals surface area contributed by atoms with Crippen LogP contribution >= 0.6 is 0 Å². The van der Waals surface area contributed by atoms with Crippen molar-refractivity contribution in [2.45, 2.75) is 95.3 Å². The van der Waals surface area contributed by atoms with E-state index in [1.807, 2.05) is 99.6 Å². The number of amides is 4. The van der Waals surface area contributed by atoms with Gasteiger partial charge in [0.25, 0.3) is 5.91 Å². The lowest BCUT2D eigenvalue weighted by atomic mass is 9.82. The Morgan fingerprint density at radius 1 is 0.836 bits per heavy atom. The van der Waals surface area contributed by atoms with Gasteiger partial charge in [0.15, 0.2) is 5.60 Å². The van der Waals surface area contributed by atoms with Crippen LogP contribution in [0.15, 0.2) is 97.1 Å². The maximum Gasteiger partial charge on any atom is 0.264 e. The molecule has 0 aliphatic carbocycles. The number of carbonyl (C=O) groups is 4. The number of anilines is 3. The summed E-state index contributed by atoms with van der Waals surface area (Å²) in [6.07, 6.45) is 4.03. The van der Waals surface area contributed by atoms with Crippen LogP contribution in [0.5, 0.6) is 5.75 Å². The largest absolute Gasteiger partial charge is 0.497 e. The average Bonchev–Trinajstić information content (AvgIpc) is 3.69. The molecule has 4 amide bonds. The van der Waals surface area contributed by atoms with E-state index in [0.29, 0.717) is 38.0 Å². The second kappa shape index (κ2) is 17.6. The fourth-order valence-electron chi connectivity index (χ4n) is 10.5. The summed E-state index contributed by atoms with van der Waals surface area (Å²) in [7, 11) is -0.950. The summed E-state index contributed by atoms with van der Waals surface area (Å²) >= 11 is 0. The van der Waals surface area contributed by atoms with Crippen LogP contribution in [-0.2, 0) is 42.6 Å². The molecule has 0 bridgehead atoms. The first-order valence-electron chi connectivity index (χ1n) is 21.9. The molecule has 1 N–H and O–H groups in total. The van der Waals surface area contributed by atoms with Gasteiger partial charge in [-0.1, -0.05) is 79.8 Å². The van der Waals surface area contributed by atoms with Crippen molar-refractivity contribution in [1.29, 1.82) is 0 Å². The Morgan fingerprint density at radius 3 is 2.10 bits per heavy atom. The number of hydrogen-bond donors (Lipinski definition) is 1. The molecule has 4 atom stereocenters. The summed E-state index contributed by atoms with van der Waals surface area (Å²) < 4.78 is 12.9. The standard InChI is InChI=1S/C49H58N4O7Si/c1-34-47(61(3,4)40-23-21-39(59-2)22-24-40)43(31-46(57)50(28-29-54)32-35-12-6-5-7-13-35)60-49(34)41-30-38(52-27-11-9-15-45(52)56)20-25-42(41)53(48(49)58)33-36-16-18-37(19-17-36)51-26-10-8-14-44(51)55/h5-7,12-13,16-25,30,34,43,47,54H,8-11,14-15,26-29,31-33H2,1-4H3/t34-,43+,47-,49+/m0/s1. The van der Waals surface area contributed by atoms with Gasteiger partial charge in [-0.25, -0.2) is 0 Å².